The summed E-state index contributed by atoms with van der Waals surface area (Å²) in [7, 11) is 0. The Labute approximate surface area is 123 Å². The summed E-state index contributed by atoms with van der Waals surface area (Å²) >= 11 is 0. The lowest BCUT2D eigenvalue weighted by Gasteiger charge is -2.16. The predicted octanol–water partition coefficient (Wildman–Crippen LogP) is 2.91. The summed E-state index contributed by atoms with van der Waals surface area (Å²) in [5, 5.41) is 3.23. The minimum absolute atomic E-state index is 0.0279. The number of hydrogen-bond donors (Lipinski definition) is 2. The number of halogens is 1. The number of nitrogens with zero attached hydrogens (tertiary/aromatic N) is 2. The van der Waals surface area contributed by atoms with Crippen LogP contribution in [0.3, 0.4) is 0 Å². The maximum atomic E-state index is 12.9. The molecule has 0 aliphatic carbocycles. The summed E-state index contributed by atoms with van der Waals surface area (Å²) in [5.41, 5.74) is 6.73. The molecule has 112 valence electrons. The molecule has 0 saturated heterocycles. The second-order valence-electron chi connectivity index (χ2n) is 4.65. The highest BCUT2D eigenvalue weighted by atomic mass is 19.1. The second-order valence-corrected chi connectivity index (χ2v) is 4.65. The molecule has 0 amide bonds. The fraction of sp³-hybridized carbons (Fsp3) is 0.333. The van der Waals surface area contributed by atoms with Crippen LogP contribution in [0.2, 0.25) is 0 Å². The highest BCUT2D eigenvalue weighted by Crippen LogP contribution is 2.19. The lowest BCUT2D eigenvalue weighted by molar-refractivity contribution is 0.128. The maximum Gasteiger partial charge on any atom is 0.158 e. The Morgan fingerprint density at radius 2 is 2.00 bits per heavy atom. The average Bonchev–Trinajstić information content (AvgIpc) is 2.45. The van der Waals surface area contributed by atoms with Crippen LogP contribution in [-0.2, 0) is 11.3 Å². The Hall–Kier alpha value is -2.21. The number of rotatable bonds is 6. The van der Waals surface area contributed by atoms with Crippen molar-refractivity contribution in [2.45, 2.75) is 26.5 Å². The summed E-state index contributed by atoms with van der Waals surface area (Å²) in [5.74, 6) is 1.28. The van der Waals surface area contributed by atoms with Crippen LogP contribution in [0.25, 0.3) is 0 Å². The summed E-state index contributed by atoms with van der Waals surface area (Å²) in [4.78, 5) is 8.47. The van der Waals surface area contributed by atoms with Crippen LogP contribution in [0.5, 0.6) is 0 Å². The quantitative estimate of drug-likeness (QED) is 0.855. The molecule has 1 aromatic heterocycles. The average molecular weight is 290 g/mol. The lowest BCUT2D eigenvalue weighted by atomic mass is 10.1. The van der Waals surface area contributed by atoms with Gasteiger partial charge in [-0.15, -0.1) is 0 Å². The van der Waals surface area contributed by atoms with Gasteiger partial charge in [-0.05, 0) is 31.5 Å². The van der Waals surface area contributed by atoms with Gasteiger partial charge in [-0.1, -0.05) is 12.1 Å². The van der Waals surface area contributed by atoms with E-state index in [2.05, 4.69) is 15.3 Å². The van der Waals surface area contributed by atoms with Crippen molar-refractivity contribution in [1.29, 1.82) is 0 Å². The Balaban J connectivity index is 2.10. The van der Waals surface area contributed by atoms with Crippen LogP contribution < -0.4 is 11.1 Å². The molecule has 5 nitrogen and oxygen atoms in total. The third-order valence-corrected chi connectivity index (χ3v) is 2.96. The van der Waals surface area contributed by atoms with Crippen molar-refractivity contribution in [3.63, 3.8) is 0 Å². The molecule has 0 spiro atoms. The van der Waals surface area contributed by atoms with E-state index in [1.54, 1.807) is 18.2 Å². The van der Waals surface area contributed by atoms with Crippen molar-refractivity contribution < 1.29 is 9.13 Å². The van der Waals surface area contributed by atoms with Crippen LogP contribution in [0.15, 0.2) is 30.3 Å². The predicted molar refractivity (Wildman–Crippen MR) is 80.2 cm³/mol. The van der Waals surface area contributed by atoms with E-state index in [1.807, 2.05) is 13.8 Å². The molecule has 2 rings (SSSR count). The minimum Gasteiger partial charge on any atom is -0.384 e. The van der Waals surface area contributed by atoms with Crippen LogP contribution in [0.1, 0.15) is 31.3 Å². The molecule has 0 bridgehead atoms. The highest BCUT2D eigenvalue weighted by molar-refractivity contribution is 5.46. The Morgan fingerprint density at radius 1 is 1.29 bits per heavy atom. The summed E-state index contributed by atoms with van der Waals surface area (Å²) in [6.07, 6.45) is 0. The molecule has 0 fully saturated rings. The van der Waals surface area contributed by atoms with Gasteiger partial charge < -0.3 is 15.8 Å². The van der Waals surface area contributed by atoms with Crippen molar-refractivity contribution in [2.24, 2.45) is 0 Å². The summed E-state index contributed by atoms with van der Waals surface area (Å²) < 4.78 is 18.2. The van der Waals surface area contributed by atoms with Gasteiger partial charge >= 0.3 is 0 Å². The zero-order valence-electron chi connectivity index (χ0n) is 12.1. The van der Waals surface area contributed by atoms with E-state index < -0.39 is 0 Å². The van der Waals surface area contributed by atoms with Crippen LogP contribution in [0.4, 0.5) is 16.0 Å². The standard InChI is InChI=1S/C15H19FN4O/c1-3-21-9-15-19-13(17)8-14(20-15)18-10(2)11-4-6-12(16)7-5-11/h4-8,10H,3,9H2,1-2H3,(H3,17,18,19,20). The number of nitrogens with one attached hydrogen (secondary N) is 1. The number of aromatic nitrogens is 2. The van der Waals surface area contributed by atoms with E-state index in [-0.39, 0.29) is 11.9 Å². The van der Waals surface area contributed by atoms with Crippen molar-refractivity contribution in [3.8, 4) is 0 Å². The van der Waals surface area contributed by atoms with Crippen LogP contribution in [-0.4, -0.2) is 16.6 Å². The Morgan fingerprint density at radius 3 is 2.67 bits per heavy atom. The molecule has 0 aliphatic heterocycles. The highest BCUT2D eigenvalue weighted by Gasteiger charge is 2.08. The number of ether oxygens (including phenoxy) is 1. The molecular formula is C15H19FN4O. The molecule has 0 radical (unpaired) electrons. The van der Waals surface area contributed by atoms with Crippen molar-refractivity contribution >= 4 is 11.6 Å². The van der Waals surface area contributed by atoms with Gasteiger partial charge in [0.25, 0.3) is 0 Å². The molecule has 0 aliphatic rings. The van der Waals surface area contributed by atoms with Gasteiger partial charge in [-0.2, -0.15) is 0 Å². The van der Waals surface area contributed by atoms with Gasteiger partial charge in [0.05, 0.1) is 0 Å². The van der Waals surface area contributed by atoms with E-state index in [0.29, 0.717) is 30.7 Å². The molecule has 1 aromatic carbocycles. The minimum atomic E-state index is -0.253. The molecule has 21 heavy (non-hydrogen) atoms. The fourth-order valence-corrected chi connectivity index (χ4v) is 1.91. The van der Waals surface area contributed by atoms with E-state index in [0.717, 1.165) is 5.56 Å². The Kier molecular flexibility index (Phi) is 5.05. The summed E-state index contributed by atoms with van der Waals surface area (Å²) in [6, 6.07) is 7.97. The van der Waals surface area contributed by atoms with Gasteiger partial charge in [-0.3, -0.25) is 0 Å². The fourth-order valence-electron chi connectivity index (χ4n) is 1.91. The zero-order valence-corrected chi connectivity index (χ0v) is 12.1. The summed E-state index contributed by atoms with van der Waals surface area (Å²) in [6.45, 7) is 4.78. The van der Waals surface area contributed by atoms with Crippen molar-refractivity contribution in [2.75, 3.05) is 17.7 Å². The third-order valence-electron chi connectivity index (χ3n) is 2.96. The molecule has 1 heterocycles. The first-order valence-corrected chi connectivity index (χ1v) is 6.81. The molecule has 2 aromatic rings. The van der Waals surface area contributed by atoms with E-state index >= 15 is 0 Å². The second kappa shape index (κ2) is 6.99. The van der Waals surface area contributed by atoms with Gasteiger partial charge in [0, 0.05) is 18.7 Å². The topological polar surface area (TPSA) is 73.1 Å². The molecule has 3 N–H and O–H groups in total. The number of anilines is 2. The maximum absolute atomic E-state index is 12.9. The normalized spacial score (nSPS) is 12.1. The van der Waals surface area contributed by atoms with E-state index in [1.165, 1.54) is 12.1 Å². The monoisotopic (exact) mass is 290 g/mol. The van der Waals surface area contributed by atoms with E-state index in [4.69, 9.17) is 10.5 Å². The molecule has 6 heteroatoms. The number of nitrogen functional groups attached to an aromatic ring is 1. The first-order valence-electron chi connectivity index (χ1n) is 6.81. The van der Waals surface area contributed by atoms with E-state index in [9.17, 15) is 4.39 Å². The van der Waals surface area contributed by atoms with Crippen molar-refractivity contribution in [3.05, 3.63) is 47.5 Å². The zero-order chi connectivity index (χ0) is 15.2. The molecule has 0 saturated carbocycles. The SMILES string of the molecule is CCOCc1nc(N)cc(NC(C)c2ccc(F)cc2)n1. The van der Waals surface area contributed by atoms with Gasteiger partial charge in [-0.25, -0.2) is 14.4 Å². The first kappa shape index (κ1) is 15.2. The smallest absolute Gasteiger partial charge is 0.158 e. The Bertz CT molecular complexity index is 589. The lowest BCUT2D eigenvalue weighted by Crippen LogP contribution is -2.11. The molecule has 1 atom stereocenters. The van der Waals surface area contributed by atoms with Gasteiger partial charge in [0.2, 0.25) is 0 Å². The van der Waals surface area contributed by atoms with Gasteiger partial charge in [0.1, 0.15) is 24.1 Å². The number of nitrogens with two attached hydrogens (primary N) is 1. The molecular weight excluding hydrogens is 271 g/mol. The van der Waals surface area contributed by atoms with Gasteiger partial charge in [0.15, 0.2) is 5.82 Å². The largest absolute Gasteiger partial charge is 0.384 e. The van der Waals surface area contributed by atoms with Crippen LogP contribution >= 0.6 is 0 Å². The molecule has 1 unspecified atom stereocenters. The van der Waals surface area contributed by atoms with Crippen LogP contribution in [0, 0.1) is 5.82 Å². The number of hydrogen-bond acceptors (Lipinski definition) is 5. The number of benzene rings is 1. The first-order chi connectivity index (χ1) is 10.1. The van der Waals surface area contributed by atoms with Crippen molar-refractivity contribution in [1.82, 2.24) is 9.97 Å². The third kappa shape index (κ3) is 4.39.